The first-order valence-corrected chi connectivity index (χ1v) is 9.23. The maximum absolute atomic E-state index is 12.5. The topological polar surface area (TPSA) is 17.1 Å². The molecule has 1 aromatic rings. The molecule has 2 unspecified atom stereocenters. The Labute approximate surface area is 141 Å². The molecule has 22 heavy (non-hydrogen) atoms. The Bertz CT molecular complexity index is 413. The van der Waals surface area contributed by atoms with E-state index in [2.05, 4.69) is 20.8 Å². The van der Waals surface area contributed by atoms with Gasteiger partial charge in [0.15, 0.2) is 5.78 Å². The van der Waals surface area contributed by atoms with Gasteiger partial charge in [-0.05, 0) is 24.7 Å². The SMILES string of the molecule is CCCC(CCCCCC(C)C)C(Cl)C(=O)c1ccccc1. The minimum atomic E-state index is -0.382. The van der Waals surface area contributed by atoms with Crippen molar-refractivity contribution in [1.82, 2.24) is 0 Å². The average Bonchev–Trinajstić information content (AvgIpc) is 2.52. The lowest BCUT2D eigenvalue weighted by molar-refractivity contribution is 0.0961. The molecule has 0 fully saturated rings. The van der Waals surface area contributed by atoms with Gasteiger partial charge in [-0.2, -0.15) is 0 Å². The average molecular weight is 323 g/mol. The van der Waals surface area contributed by atoms with Crippen LogP contribution in [-0.4, -0.2) is 11.2 Å². The molecular weight excluding hydrogens is 292 g/mol. The van der Waals surface area contributed by atoms with Gasteiger partial charge in [-0.3, -0.25) is 4.79 Å². The molecule has 2 atom stereocenters. The highest BCUT2D eigenvalue weighted by molar-refractivity contribution is 6.34. The van der Waals surface area contributed by atoms with Crippen LogP contribution in [0, 0.1) is 11.8 Å². The Hall–Kier alpha value is -0.820. The zero-order chi connectivity index (χ0) is 16.4. The van der Waals surface area contributed by atoms with E-state index in [4.69, 9.17) is 11.6 Å². The predicted molar refractivity (Wildman–Crippen MR) is 96.7 cm³/mol. The van der Waals surface area contributed by atoms with Crippen LogP contribution in [0.15, 0.2) is 30.3 Å². The highest BCUT2D eigenvalue weighted by Gasteiger charge is 2.26. The molecule has 0 heterocycles. The van der Waals surface area contributed by atoms with E-state index in [-0.39, 0.29) is 11.2 Å². The molecule has 0 amide bonds. The number of hydrogen-bond donors (Lipinski definition) is 0. The van der Waals surface area contributed by atoms with Crippen molar-refractivity contribution in [3.05, 3.63) is 35.9 Å². The van der Waals surface area contributed by atoms with E-state index in [1.807, 2.05) is 30.3 Å². The van der Waals surface area contributed by atoms with E-state index in [1.54, 1.807) is 0 Å². The second-order valence-electron chi connectivity index (χ2n) is 6.71. The second kappa shape index (κ2) is 10.8. The third-order valence-electron chi connectivity index (χ3n) is 4.24. The van der Waals surface area contributed by atoms with Crippen LogP contribution in [-0.2, 0) is 0 Å². The van der Waals surface area contributed by atoms with Gasteiger partial charge in [-0.15, -0.1) is 11.6 Å². The number of Topliss-reactive ketones (excluding diaryl/α,β-unsaturated/α-hetero) is 1. The van der Waals surface area contributed by atoms with E-state index in [0.717, 1.165) is 30.7 Å². The fraction of sp³-hybridized carbons (Fsp3) is 0.650. The van der Waals surface area contributed by atoms with Crippen LogP contribution in [0.1, 0.15) is 76.1 Å². The van der Waals surface area contributed by atoms with E-state index in [0.29, 0.717) is 5.92 Å². The zero-order valence-corrected chi connectivity index (χ0v) is 15.1. The summed E-state index contributed by atoms with van der Waals surface area (Å²) in [7, 11) is 0. The highest BCUT2D eigenvalue weighted by atomic mass is 35.5. The van der Waals surface area contributed by atoms with Crippen LogP contribution >= 0.6 is 11.6 Å². The van der Waals surface area contributed by atoms with Crippen LogP contribution < -0.4 is 0 Å². The maximum atomic E-state index is 12.5. The van der Waals surface area contributed by atoms with Crippen LogP contribution in [0.5, 0.6) is 0 Å². The summed E-state index contributed by atoms with van der Waals surface area (Å²) in [4.78, 5) is 12.5. The molecule has 0 saturated heterocycles. The largest absolute Gasteiger partial charge is 0.292 e. The molecule has 0 aliphatic carbocycles. The van der Waals surface area contributed by atoms with Crippen molar-refractivity contribution < 1.29 is 4.79 Å². The molecule has 0 aliphatic heterocycles. The standard InChI is InChI=1S/C20H31ClO/c1-4-11-17(13-8-5-7-12-16(2)3)19(21)20(22)18-14-9-6-10-15-18/h6,9-10,14-17,19H,4-5,7-8,11-13H2,1-3H3. The molecule has 1 rings (SSSR count). The summed E-state index contributed by atoms with van der Waals surface area (Å²) < 4.78 is 0. The van der Waals surface area contributed by atoms with E-state index in [1.165, 1.54) is 25.7 Å². The lowest BCUT2D eigenvalue weighted by atomic mass is 9.89. The van der Waals surface area contributed by atoms with E-state index < -0.39 is 0 Å². The summed E-state index contributed by atoms with van der Waals surface area (Å²) in [6.07, 6.45) is 8.21. The van der Waals surface area contributed by atoms with Crippen molar-refractivity contribution in [1.29, 1.82) is 0 Å². The van der Waals surface area contributed by atoms with Gasteiger partial charge < -0.3 is 0 Å². The molecule has 0 bridgehead atoms. The summed E-state index contributed by atoms with van der Waals surface area (Å²) in [6, 6.07) is 9.46. The first kappa shape index (κ1) is 19.2. The third kappa shape index (κ3) is 6.96. The molecule has 1 aromatic carbocycles. The van der Waals surface area contributed by atoms with Gasteiger partial charge in [-0.25, -0.2) is 0 Å². The van der Waals surface area contributed by atoms with Crippen LogP contribution in [0.4, 0.5) is 0 Å². The van der Waals surface area contributed by atoms with Gasteiger partial charge in [0, 0.05) is 5.56 Å². The molecule has 0 N–H and O–H groups in total. The third-order valence-corrected chi connectivity index (χ3v) is 4.79. The molecule has 2 heteroatoms. The number of ketones is 1. The second-order valence-corrected chi connectivity index (χ2v) is 7.18. The number of benzene rings is 1. The number of alkyl halides is 1. The molecule has 0 spiro atoms. The Morgan fingerprint density at radius 3 is 2.23 bits per heavy atom. The number of halogens is 1. The van der Waals surface area contributed by atoms with Crippen molar-refractivity contribution in [3.8, 4) is 0 Å². The fourth-order valence-corrected chi connectivity index (χ4v) is 3.30. The normalized spacial score (nSPS) is 14.0. The number of unbranched alkanes of at least 4 members (excludes halogenated alkanes) is 2. The van der Waals surface area contributed by atoms with Gasteiger partial charge >= 0.3 is 0 Å². The van der Waals surface area contributed by atoms with Gasteiger partial charge in [0.25, 0.3) is 0 Å². The molecule has 124 valence electrons. The zero-order valence-electron chi connectivity index (χ0n) is 14.4. The Kier molecular flexibility index (Phi) is 9.47. The van der Waals surface area contributed by atoms with Crippen molar-refractivity contribution in [3.63, 3.8) is 0 Å². The first-order valence-electron chi connectivity index (χ1n) is 8.79. The summed E-state index contributed by atoms with van der Waals surface area (Å²) in [5, 5.41) is -0.382. The lowest BCUT2D eigenvalue weighted by Gasteiger charge is -2.21. The first-order chi connectivity index (χ1) is 10.6. The monoisotopic (exact) mass is 322 g/mol. The highest BCUT2D eigenvalue weighted by Crippen LogP contribution is 2.26. The molecule has 0 radical (unpaired) electrons. The van der Waals surface area contributed by atoms with Gasteiger partial charge in [0.2, 0.25) is 0 Å². The molecular formula is C20H31ClO. The minimum absolute atomic E-state index is 0.0860. The van der Waals surface area contributed by atoms with E-state index in [9.17, 15) is 4.79 Å². The van der Waals surface area contributed by atoms with Crippen LogP contribution in [0.3, 0.4) is 0 Å². The lowest BCUT2D eigenvalue weighted by Crippen LogP contribution is -2.25. The van der Waals surface area contributed by atoms with Crippen LogP contribution in [0.2, 0.25) is 0 Å². The van der Waals surface area contributed by atoms with Crippen molar-refractivity contribution in [2.24, 2.45) is 11.8 Å². The predicted octanol–water partition coefficient (Wildman–Crippen LogP) is 6.50. The Balaban J connectivity index is 2.49. The molecule has 1 nitrogen and oxygen atoms in total. The van der Waals surface area contributed by atoms with E-state index >= 15 is 0 Å². The summed E-state index contributed by atoms with van der Waals surface area (Å²) in [5.74, 6) is 1.17. The summed E-state index contributed by atoms with van der Waals surface area (Å²) in [5.41, 5.74) is 0.739. The summed E-state index contributed by atoms with van der Waals surface area (Å²) >= 11 is 6.52. The number of hydrogen-bond acceptors (Lipinski definition) is 1. The molecule has 0 saturated carbocycles. The van der Waals surface area contributed by atoms with Gasteiger partial charge in [0.05, 0.1) is 5.38 Å². The van der Waals surface area contributed by atoms with Crippen molar-refractivity contribution in [2.75, 3.05) is 0 Å². The molecule has 0 aliphatic rings. The number of rotatable bonds is 11. The van der Waals surface area contributed by atoms with Crippen LogP contribution in [0.25, 0.3) is 0 Å². The smallest absolute Gasteiger partial charge is 0.180 e. The summed E-state index contributed by atoms with van der Waals surface area (Å²) in [6.45, 7) is 6.71. The van der Waals surface area contributed by atoms with Gasteiger partial charge in [0.1, 0.15) is 0 Å². The van der Waals surface area contributed by atoms with Crippen molar-refractivity contribution >= 4 is 17.4 Å². The Morgan fingerprint density at radius 1 is 1.00 bits per heavy atom. The maximum Gasteiger partial charge on any atom is 0.180 e. The van der Waals surface area contributed by atoms with Gasteiger partial charge in [-0.1, -0.05) is 83.2 Å². The quantitative estimate of drug-likeness (QED) is 0.258. The molecule has 0 aromatic heterocycles. The minimum Gasteiger partial charge on any atom is -0.292 e. The number of carbonyl (C=O) groups excluding carboxylic acids is 1. The fourth-order valence-electron chi connectivity index (χ4n) is 2.92. The van der Waals surface area contributed by atoms with Crippen molar-refractivity contribution in [2.45, 2.75) is 71.1 Å². The Morgan fingerprint density at radius 2 is 1.64 bits per heavy atom. The number of carbonyl (C=O) groups is 1.